The van der Waals surface area contributed by atoms with Crippen LogP contribution in [0.2, 0.25) is 0 Å². The molecule has 0 aromatic heterocycles. The van der Waals surface area contributed by atoms with E-state index in [-0.39, 0.29) is 5.25 Å². The Morgan fingerprint density at radius 1 is 1.22 bits per heavy atom. The van der Waals surface area contributed by atoms with E-state index < -0.39 is 10.0 Å². The zero-order valence-electron chi connectivity index (χ0n) is 10.4. The molecule has 18 heavy (non-hydrogen) atoms. The van der Waals surface area contributed by atoms with Crippen molar-refractivity contribution in [3.8, 4) is 0 Å². The molecular weight excluding hydrogens is 248 g/mol. The second-order valence-electron chi connectivity index (χ2n) is 4.81. The van der Waals surface area contributed by atoms with E-state index in [2.05, 4.69) is 4.72 Å². The van der Waals surface area contributed by atoms with Crippen LogP contribution in [-0.2, 0) is 16.6 Å². The van der Waals surface area contributed by atoms with Gasteiger partial charge in [-0.25, -0.2) is 8.42 Å². The van der Waals surface area contributed by atoms with E-state index in [0.29, 0.717) is 12.2 Å². The topological polar surface area (TPSA) is 72.2 Å². The third kappa shape index (κ3) is 3.23. The van der Waals surface area contributed by atoms with Gasteiger partial charge in [0.1, 0.15) is 0 Å². The van der Waals surface area contributed by atoms with E-state index in [1.54, 1.807) is 12.1 Å². The highest BCUT2D eigenvalue weighted by Gasteiger charge is 2.27. The van der Waals surface area contributed by atoms with Crippen molar-refractivity contribution >= 4 is 15.7 Å². The van der Waals surface area contributed by atoms with Gasteiger partial charge in [-0.2, -0.15) is 0 Å². The number of hydrogen-bond acceptors (Lipinski definition) is 3. The molecule has 0 unspecified atom stereocenters. The van der Waals surface area contributed by atoms with Crippen molar-refractivity contribution in [2.24, 2.45) is 5.73 Å². The smallest absolute Gasteiger partial charge is 0.235 e. The number of benzene rings is 1. The van der Waals surface area contributed by atoms with Gasteiger partial charge >= 0.3 is 0 Å². The molecule has 0 heterocycles. The molecule has 0 atom stereocenters. The van der Waals surface area contributed by atoms with Crippen LogP contribution in [-0.4, -0.2) is 13.7 Å². The summed E-state index contributed by atoms with van der Waals surface area (Å²) in [6.07, 6.45) is 4.70. The first-order valence-electron chi connectivity index (χ1n) is 6.42. The summed E-state index contributed by atoms with van der Waals surface area (Å²) in [5, 5.41) is -0.243. The monoisotopic (exact) mass is 268 g/mol. The highest BCUT2D eigenvalue weighted by molar-refractivity contribution is 7.93. The molecule has 1 fully saturated rings. The Labute approximate surface area is 109 Å². The Morgan fingerprint density at radius 3 is 2.61 bits per heavy atom. The Bertz CT molecular complexity index is 493. The minimum Gasteiger partial charge on any atom is -0.326 e. The predicted molar refractivity (Wildman–Crippen MR) is 73.7 cm³/mol. The molecule has 1 saturated carbocycles. The quantitative estimate of drug-likeness (QED) is 0.879. The van der Waals surface area contributed by atoms with Crippen molar-refractivity contribution in [1.29, 1.82) is 0 Å². The first-order chi connectivity index (χ1) is 8.62. The second kappa shape index (κ2) is 5.71. The van der Waals surface area contributed by atoms with Gasteiger partial charge in [0.05, 0.1) is 5.25 Å². The Balaban J connectivity index is 2.11. The standard InChI is InChI=1S/C13H20N2O2S/c14-10-11-5-4-6-12(9-11)15-18(16,17)13-7-2-1-3-8-13/h4-6,9,13,15H,1-3,7-8,10,14H2. The van der Waals surface area contributed by atoms with Crippen LogP contribution in [0.5, 0.6) is 0 Å². The maximum Gasteiger partial charge on any atom is 0.235 e. The molecule has 1 aromatic carbocycles. The number of anilines is 1. The van der Waals surface area contributed by atoms with Gasteiger partial charge in [0.25, 0.3) is 0 Å². The molecule has 1 aromatic rings. The van der Waals surface area contributed by atoms with Crippen molar-refractivity contribution in [1.82, 2.24) is 0 Å². The minimum atomic E-state index is -3.25. The van der Waals surface area contributed by atoms with E-state index in [1.165, 1.54) is 0 Å². The lowest BCUT2D eigenvalue weighted by atomic mass is 10.0. The van der Waals surface area contributed by atoms with Crippen LogP contribution in [0.3, 0.4) is 0 Å². The zero-order valence-corrected chi connectivity index (χ0v) is 11.2. The third-order valence-electron chi connectivity index (χ3n) is 3.41. The molecule has 1 aliphatic rings. The molecule has 2 rings (SSSR count). The van der Waals surface area contributed by atoms with Gasteiger partial charge in [0.15, 0.2) is 0 Å². The molecule has 3 N–H and O–H groups in total. The van der Waals surface area contributed by atoms with E-state index in [1.807, 2.05) is 12.1 Å². The first kappa shape index (κ1) is 13.4. The van der Waals surface area contributed by atoms with Crippen LogP contribution in [0, 0.1) is 0 Å². The minimum absolute atomic E-state index is 0.243. The van der Waals surface area contributed by atoms with Crippen LogP contribution in [0.4, 0.5) is 5.69 Å². The average molecular weight is 268 g/mol. The number of sulfonamides is 1. The fourth-order valence-electron chi connectivity index (χ4n) is 2.38. The molecule has 5 heteroatoms. The van der Waals surface area contributed by atoms with Crippen LogP contribution in [0.15, 0.2) is 24.3 Å². The summed E-state index contributed by atoms with van der Waals surface area (Å²) in [6.45, 7) is 0.416. The number of nitrogens with two attached hydrogens (primary N) is 1. The van der Waals surface area contributed by atoms with Crippen LogP contribution in [0.25, 0.3) is 0 Å². The van der Waals surface area contributed by atoms with Crippen LogP contribution in [0.1, 0.15) is 37.7 Å². The van der Waals surface area contributed by atoms with E-state index in [4.69, 9.17) is 5.73 Å². The lowest BCUT2D eigenvalue weighted by Gasteiger charge is -2.22. The summed E-state index contributed by atoms with van der Waals surface area (Å²) in [4.78, 5) is 0. The summed E-state index contributed by atoms with van der Waals surface area (Å²) < 4.78 is 27.1. The summed E-state index contributed by atoms with van der Waals surface area (Å²) in [5.74, 6) is 0. The fraction of sp³-hybridized carbons (Fsp3) is 0.538. The molecule has 0 amide bonds. The number of nitrogens with one attached hydrogen (secondary N) is 1. The van der Waals surface area contributed by atoms with Gasteiger partial charge in [0, 0.05) is 12.2 Å². The molecule has 4 nitrogen and oxygen atoms in total. The molecule has 100 valence electrons. The summed E-state index contributed by atoms with van der Waals surface area (Å²) in [5.41, 5.74) is 7.09. The highest BCUT2D eigenvalue weighted by atomic mass is 32.2. The van der Waals surface area contributed by atoms with Crippen molar-refractivity contribution < 1.29 is 8.42 Å². The normalized spacial score (nSPS) is 17.6. The lowest BCUT2D eigenvalue weighted by Crippen LogP contribution is -2.29. The summed E-state index contributed by atoms with van der Waals surface area (Å²) >= 11 is 0. The van der Waals surface area contributed by atoms with Gasteiger partial charge < -0.3 is 5.73 Å². The van der Waals surface area contributed by atoms with Crippen LogP contribution < -0.4 is 10.5 Å². The number of hydrogen-bond donors (Lipinski definition) is 2. The maximum absolute atomic E-state index is 12.2. The average Bonchev–Trinajstić information content (AvgIpc) is 2.39. The van der Waals surface area contributed by atoms with Crippen molar-refractivity contribution in [3.05, 3.63) is 29.8 Å². The maximum atomic E-state index is 12.2. The Kier molecular flexibility index (Phi) is 4.24. The largest absolute Gasteiger partial charge is 0.326 e. The lowest BCUT2D eigenvalue weighted by molar-refractivity contribution is 0.486. The van der Waals surface area contributed by atoms with Crippen molar-refractivity contribution in [2.75, 3.05) is 4.72 Å². The molecule has 0 aliphatic heterocycles. The molecule has 0 radical (unpaired) electrons. The SMILES string of the molecule is NCc1cccc(NS(=O)(=O)C2CCCCC2)c1. The predicted octanol–water partition coefficient (Wildman–Crippen LogP) is 2.22. The fourth-order valence-corrected chi connectivity index (χ4v) is 3.96. The van der Waals surface area contributed by atoms with E-state index in [0.717, 1.165) is 37.7 Å². The van der Waals surface area contributed by atoms with Gasteiger partial charge in [-0.3, -0.25) is 4.72 Å². The summed E-state index contributed by atoms with van der Waals surface area (Å²) in [6, 6.07) is 7.26. The first-order valence-corrected chi connectivity index (χ1v) is 7.97. The van der Waals surface area contributed by atoms with E-state index >= 15 is 0 Å². The van der Waals surface area contributed by atoms with Crippen LogP contribution >= 0.6 is 0 Å². The Hall–Kier alpha value is -1.07. The zero-order chi connectivity index (χ0) is 13.0. The van der Waals surface area contributed by atoms with Gasteiger partial charge in [-0.1, -0.05) is 31.4 Å². The molecule has 0 bridgehead atoms. The molecule has 0 spiro atoms. The van der Waals surface area contributed by atoms with E-state index in [9.17, 15) is 8.42 Å². The van der Waals surface area contributed by atoms with Crippen molar-refractivity contribution in [2.45, 2.75) is 43.9 Å². The third-order valence-corrected chi connectivity index (χ3v) is 5.28. The second-order valence-corrected chi connectivity index (χ2v) is 6.77. The molecule has 1 aliphatic carbocycles. The summed E-state index contributed by atoms with van der Waals surface area (Å²) in [7, 11) is -3.25. The molecular formula is C13H20N2O2S. The number of rotatable bonds is 4. The Morgan fingerprint density at radius 2 is 1.94 bits per heavy atom. The molecule has 0 saturated heterocycles. The van der Waals surface area contributed by atoms with Crippen molar-refractivity contribution in [3.63, 3.8) is 0 Å². The highest BCUT2D eigenvalue weighted by Crippen LogP contribution is 2.25. The van der Waals surface area contributed by atoms with Gasteiger partial charge in [-0.15, -0.1) is 0 Å². The van der Waals surface area contributed by atoms with Gasteiger partial charge in [-0.05, 0) is 30.5 Å². The van der Waals surface area contributed by atoms with Gasteiger partial charge in [0.2, 0.25) is 10.0 Å².